The average molecular weight is 237 g/mol. The van der Waals surface area contributed by atoms with Crippen molar-refractivity contribution in [1.82, 2.24) is 4.98 Å². The predicted molar refractivity (Wildman–Crippen MR) is 71.0 cm³/mol. The van der Waals surface area contributed by atoms with E-state index in [1.165, 1.54) is 0 Å². The van der Waals surface area contributed by atoms with Gasteiger partial charge >= 0.3 is 0 Å². The average Bonchev–Trinajstić information content (AvgIpc) is 2.39. The first-order valence-corrected chi connectivity index (χ1v) is 6.32. The van der Waals surface area contributed by atoms with E-state index in [0.717, 1.165) is 46.5 Å². The van der Waals surface area contributed by atoms with E-state index in [0.29, 0.717) is 0 Å². The van der Waals surface area contributed by atoms with Crippen molar-refractivity contribution in [2.24, 2.45) is 0 Å². The molecule has 0 fully saturated rings. The molecular weight excluding hydrogens is 222 g/mol. The number of carbonyl (C=O) groups is 1. The molecule has 90 valence electrons. The Labute approximate surface area is 107 Å². The van der Waals surface area contributed by atoms with Gasteiger partial charge in [-0.2, -0.15) is 0 Å². The van der Waals surface area contributed by atoms with E-state index >= 15 is 0 Å². The lowest BCUT2D eigenvalue weighted by Crippen LogP contribution is -2.17. The smallest absolute Gasteiger partial charge is 0.195 e. The Morgan fingerprint density at radius 1 is 1.17 bits per heavy atom. The van der Waals surface area contributed by atoms with Gasteiger partial charge in [-0.05, 0) is 37.1 Å². The van der Waals surface area contributed by atoms with Gasteiger partial charge in [-0.3, -0.25) is 9.78 Å². The Morgan fingerprint density at radius 2 is 2.00 bits per heavy atom. The molecule has 1 aromatic heterocycles. The van der Waals surface area contributed by atoms with E-state index in [2.05, 4.69) is 18.0 Å². The Hall–Kier alpha value is -1.96. The second-order valence-corrected chi connectivity index (χ2v) is 4.82. The first-order valence-electron chi connectivity index (χ1n) is 6.32. The minimum Gasteiger partial charge on any atom is -0.289 e. The number of aryl methyl sites for hydroxylation is 2. The highest BCUT2D eigenvalue weighted by Crippen LogP contribution is 2.26. The Kier molecular flexibility index (Phi) is 2.51. The number of nitrogens with zero attached hydrogens (tertiary/aromatic N) is 1. The van der Waals surface area contributed by atoms with E-state index < -0.39 is 0 Å². The fourth-order valence-corrected chi connectivity index (χ4v) is 2.47. The van der Waals surface area contributed by atoms with Crippen molar-refractivity contribution in [3.8, 4) is 0 Å². The lowest BCUT2D eigenvalue weighted by atomic mass is 9.87. The summed E-state index contributed by atoms with van der Waals surface area (Å²) >= 11 is 0. The van der Waals surface area contributed by atoms with Crippen molar-refractivity contribution in [2.75, 3.05) is 0 Å². The zero-order chi connectivity index (χ0) is 12.7. The molecule has 1 aliphatic rings. The highest BCUT2D eigenvalue weighted by Gasteiger charge is 2.24. The molecule has 1 heterocycles. The third kappa shape index (κ3) is 1.65. The van der Waals surface area contributed by atoms with Crippen molar-refractivity contribution < 1.29 is 4.79 Å². The number of hydrogen-bond donors (Lipinski definition) is 0. The van der Waals surface area contributed by atoms with Crippen LogP contribution in [-0.2, 0) is 12.8 Å². The normalized spacial score (nSPS) is 13.1. The molecule has 0 atom stereocenters. The van der Waals surface area contributed by atoms with Crippen LogP contribution in [0.15, 0.2) is 30.3 Å². The second-order valence-electron chi connectivity index (χ2n) is 4.82. The van der Waals surface area contributed by atoms with Gasteiger partial charge in [-0.15, -0.1) is 0 Å². The summed E-state index contributed by atoms with van der Waals surface area (Å²) in [5.41, 5.74) is 5.81. The number of fused-ring (bicyclic) bond motifs is 2. The summed E-state index contributed by atoms with van der Waals surface area (Å²) < 4.78 is 0. The molecule has 0 saturated carbocycles. The lowest BCUT2D eigenvalue weighted by Gasteiger charge is -2.18. The van der Waals surface area contributed by atoms with Crippen LogP contribution >= 0.6 is 0 Å². The summed E-state index contributed by atoms with van der Waals surface area (Å²) in [6, 6.07) is 9.97. The molecule has 0 amide bonds. The molecule has 0 spiro atoms. The molecule has 18 heavy (non-hydrogen) atoms. The van der Waals surface area contributed by atoms with Gasteiger partial charge in [0.2, 0.25) is 0 Å². The zero-order valence-corrected chi connectivity index (χ0v) is 10.7. The highest BCUT2D eigenvalue weighted by atomic mass is 16.1. The summed E-state index contributed by atoms with van der Waals surface area (Å²) in [6.45, 7) is 4.10. The van der Waals surface area contributed by atoms with Crippen molar-refractivity contribution in [3.05, 3.63) is 64.0 Å². The topological polar surface area (TPSA) is 30.0 Å². The van der Waals surface area contributed by atoms with Crippen LogP contribution in [0, 0.1) is 6.92 Å². The Morgan fingerprint density at radius 3 is 2.78 bits per heavy atom. The van der Waals surface area contributed by atoms with Crippen molar-refractivity contribution >= 4 is 5.78 Å². The number of pyridine rings is 1. The highest BCUT2D eigenvalue weighted by molar-refractivity contribution is 6.12. The number of rotatable bonds is 1. The third-order valence-corrected chi connectivity index (χ3v) is 3.51. The summed E-state index contributed by atoms with van der Waals surface area (Å²) in [6.07, 6.45) is 1.67. The maximum atomic E-state index is 12.4. The summed E-state index contributed by atoms with van der Waals surface area (Å²) in [5.74, 6) is 0.116. The number of ketones is 1. The molecule has 0 saturated heterocycles. The Balaban J connectivity index is 2.15. The van der Waals surface area contributed by atoms with E-state index in [1.54, 1.807) is 0 Å². The molecule has 0 aliphatic heterocycles. The molecule has 2 aromatic rings. The van der Waals surface area contributed by atoms with Gasteiger partial charge in [0, 0.05) is 23.2 Å². The van der Waals surface area contributed by atoms with E-state index in [1.807, 2.05) is 31.2 Å². The molecule has 3 rings (SSSR count). The van der Waals surface area contributed by atoms with Crippen LogP contribution in [0.4, 0.5) is 0 Å². The van der Waals surface area contributed by atoms with Crippen LogP contribution in [0.25, 0.3) is 0 Å². The van der Waals surface area contributed by atoms with Crippen molar-refractivity contribution in [2.45, 2.75) is 26.7 Å². The molecule has 2 nitrogen and oxygen atoms in total. The summed E-state index contributed by atoms with van der Waals surface area (Å²) in [7, 11) is 0. The fraction of sp³-hybridized carbons (Fsp3) is 0.250. The number of carbonyl (C=O) groups excluding carboxylic acids is 1. The quantitative estimate of drug-likeness (QED) is 0.651. The largest absolute Gasteiger partial charge is 0.289 e. The third-order valence-electron chi connectivity index (χ3n) is 3.51. The van der Waals surface area contributed by atoms with Gasteiger partial charge in [0.05, 0.1) is 5.69 Å². The van der Waals surface area contributed by atoms with Gasteiger partial charge in [-0.1, -0.05) is 24.6 Å². The molecule has 2 heteroatoms. The minimum atomic E-state index is 0.116. The Bertz CT molecular complexity index is 644. The summed E-state index contributed by atoms with van der Waals surface area (Å²) in [5, 5.41) is 0. The first-order chi connectivity index (χ1) is 8.69. The molecule has 0 bridgehead atoms. The van der Waals surface area contributed by atoms with Gasteiger partial charge in [0.1, 0.15) is 0 Å². The molecular formula is C16H15NO. The molecule has 0 N–H and O–H groups in total. The van der Waals surface area contributed by atoms with Crippen LogP contribution in [0.3, 0.4) is 0 Å². The van der Waals surface area contributed by atoms with E-state index in [4.69, 9.17) is 0 Å². The lowest BCUT2D eigenvalue weighted by molar-refractivity contribution is 0.103. The maximum absolute atomic E-state index is 12.4. The number of benzene rings is 1. The molecule has 0 radical (unpaired) electrons. The van der Waals surface area contributed by atoms with Gasteiger partial charge < -0.3 is 0 Å². The number of aromatic nitrogens is 1. The fourth-order valence-electron chi connectivity index (χ4n) is 2.47. The first kappa shape index (κ1) is 11.1. The van der Waals surface area contributed by atoms with Crippen molar-refractivity contribution in [1.29, 1.82) is 0 Å². The SMILES string of the molecule is CCc1ccc2c(n1)Cc1ccc(C)cc1C2=O. The molecule has 1 aromatic carbocycles. The van der Waals surface area contributed by atoms with Crippen LogP contribution in [0.1, 0.15) is 45.4 Å². The van der Waals surface area contributed by atoms with E-state index in [-0.39, 0.29) is 5.78 Å². The van der Waals surface area contributed by atoms with Crippen molar-refractivity contribution in [3.63, 3.8) is 0 Å². The zero-order valence-electron chi connectivity index (χ0n) is 10.7. The van der Waals surface area contributed by atoms with Crippen LogP contribution < -0.4 is 0 Å². The number of hydrogen-bond acceptors (Lipinski definition) is 2. The molecule has 1 aliphatic carbocycles. The van der Waals surface area contributed by atoms with Crippen LogP contribution in [-0.4, -0.2) is 10.8 Å². The van der Waals surface area contributed by atoms with Gasteiger partial charge in [-0.25, -0.2) is 0 Å². The van der Waals surface area contributed by atoms with Gasteiger partial charge in [0.15, 0.2) is 5.78 Å². The van der Waals surface area contributed by atoms with Crippen LogP contribution in [0.2, 0.25) is 0 Å². The standard InChI is InChI=1S/C16H15NO/c1-3-12-6-7-13-15(17-12)9-11-5-4-10(2)8-14(11)16(13)18/h4-8H,3,9H2,1-2H3. The molecule has 0 unspecified atom stereocenters. The predicted octanol–water partition coefficient (Wildman–Crippen LogP) is 3.09. The maximum Gasteiger partial charge on any atom is 0.195 e. The second kappa shape index (κ2) is 4.05. The van der Waals surface area contributed by atoms with E-state index in [9.17, 15) is 4.79 Å². The van der Waals surface area contributed by atoms with Crippen LogP contribution in [0.5, 0.6) is 0 Å². The summed E-state index contributed by atoms with van der Waals surface area (Å²) in [4.78, 5) is 17.0. The monoisotopic (exact) mass is 237 g/mol. The minimum absolute atomic E-state index is 0.116. The van der Waals surface area contributed by atoms with Gasteiger partial charge in [0.25, 0.3) is 0 Å².